The number of aromatic nitrogens is 2. The quantitative estimate of drug-likeness (QED) is 0.0689. The van der Waals surface area contributed by atoms with E-state index in [4.69, 9.17) is 34.5 Å². The van der Waals surface area contributed by atoms with Crippen molar-refractivity contribution in [2.75, 3.05) is 20.8 Å². The van der Waals surface area contributed by atoms with Crippen molar-refractivity contribution >= 4 is 14.2 Å². The Morgan fingerprint density at radius 1 is 0.688 bits per heavy atom. The zero-order chi connectivity index (χ0) is 57.7. The van der Waals surface area contributed by atoms with Crippen molar-refractivity contribution in [3.05, 3.63) is 157 Å². The van der Waals surface area contributed by atoms with E-state index in [0.717, 1.165) is 27.3 Å². The van der Waals surface area contributed by atoms with Gasteiger partial charge in [0, 0.05) is 120 Å². The number of aryl methyl sites for hydroxylation is 1. The van der Waals surface area contributed by atoms with Gasteiger partial charge in [-0.05, 0) is 144 Å². The fourth-order valence-corrected chi connectivity index (χ4v) is 9.03. The van der Waals surface area contributed by atoms with Crippen LogP contribution in [0.3, 0.4) is 0 Å². The third kappa shape index (κ3) is 14.7. The highest BCUT2D eigenvalue weighted by molar-refractivity contribution is 6.74. The maximum Gasteiger partial charge on any atom is 0.340 e. The van der Waals surface area contributed by atoms with Crippen LogP contribution in [0.2, 0.25) is 18.1 Å². The molecule has 1 aliphatic rings. The molecular weight excluding hydrogens is 1020 g/mol. The monoisotopic (exact) mass is 1120 g/mol. The third-order valence-corrected chi connectivity index (χ3v) is 17.4. The summed E-state index contributed by atoms with van der Waals surface area (Å²) in [4.78, 5) is 42.8. The fraction of sp³-hybridized carbons (Fsp3) is 0.239. The molecule has 0 radical (unpaired) electrons. The molecule has 1 aromatic heterocycles. The van der Waals surface area contributed by atoms with Crippen molar-refractivity contribution in [3.63, 3.8) is 0 Å². The van der Waals surface area contributed by atoms with Gasteiger partial charge in [0.25, 0.3) is 11.5 Å². The normalized spacial score (nSPS) is 14.6. The van der Waals surface area contributed by atoms with Crippen LogP contribution in [-0.4, -0.2) is 67.6 Å². The average molecular weight is 1120 g/mol. The molecular formula is C67H96N2O10Si. The van der Waals surface area contributed by atoms with E-state index in [-0.39, 0.29) is 54.3 Å². The number of benzene rings is 4. The summed E-state index contributed by atoms with van der Waals surface area (Å²) in [6.45, 7) is 13.4. The van der Waals surface area contributed by atoms with Gasteiger partial charge in [0.2, 0.25) is 0 Å². The molecule has 1 N–H and O–H groups in total. The predicted molar refractivity (Wildman–Crippen MR) is 355 cm³/mol. The molecule has 4 aromatic carbocycles. The van der Waals surface area contributed by atoms with Crippen molar-refractivity contribution in [2.24, 2.45) is 0 Å². The van der Waals surface area contributed by atoms with Gasteiger partial charge in [0.05, 0.1) is 20.8 Å². The van der Waals surface area contributed by atoms with Gasteiger partial charge in [-0.2, -0.15) is 4.57 Å². The van der Waals surface area contributed by atoms with Crippen molar-refractivity contribution in [1.29, 1.82) is 0 Å². The molecule has 4 atom stereocenters. The summed E-state index contributed by atoms with van der Waals surface area (Å²) in [5.74, 6) is 50.0. The topological polar surface area (TPSA) is 137 Å². The minimum Gasteiger partial charge on any atom is -0.497 e. The molecule has 1 aliphatic heterocycles. The first-order valence-corrected chi connectivity index (χ1v) is 27.5. The summed E-state index contributed by atoms with van der Waals surface area (Å²) in [5.41, 5.74) is 0.257. The minimum atomic E-state index is -2.75. The van der Waals surface area contributed by atoms with E-state index in [9.17, 15) is 19.5 Å². The standard InChI is InChI=1S/C67H52N2O10Si.22H2/c1-11-12-13-14-15-16-17-18-19-20-21-22-23-24-25-26-27-28-29-33-46-76-58-48-52(47-50(2)51(58)3)63(72)69-60(70)44-45-68(65(69)73)64-62(79-80(9,10)66(4,5)6)61(71)59(78-64)49-77-67(53-34-31-30-32-35-53,54-36-40-56(74-7)41-37-54)55-38-42-57(75-8)43-39-55;;;;;;;;;;;;;;;;;;;;;;/h1,30-32,34-45,47-48,59,61-62,64,71H,49H2,2-10H3;22*1H/t59-,61+,62?,64-;;;;;;;;;;;;;;;;;;;;;;/m1....................../s1. The largest absolute Gasteiger partial charge is 0.497 e. The van der Waals surface area contributed by atoms with E-state index < -0.39 is 55.6 Å². The van der Waals surface area contributed by atoms with Gasteiger partial charge in [-0.1, -0.05) is 75.4 Å². The molecule has 0 aliphatic carbocycles. The Balaban J connectivity index is -0.000000219. The zero-order valence-corrected chi connectivity index (χ0v) is 46.4. The molecule has 6 rings (SSSR count). The van der Waals surface area contributed by atoms with Crippen molar-refractivity contribution in [1.82, 2.24) is 9.13 Å². The lowest BCUT2D eigenvalue weighted by Crippen LogP contribution is -2.51. The lowest BCUT2D eigenvalue weighted by atomic mass is 9.80. The number of terminal acetylenes is 1. The van der Waals surface area contributed by atoms with Crippen LogP contribution in [0.15, 0.2) is 113 Å². The van der Waals surface area contributed by atoms with Crippen LogP contribution in [0, 0.1) is 145 Å². The maximum absolute atomic E-state index is 14.7. The smallest absolute Gasteiger partial charge is 0.340 e. The van der Waals surface area contributed by atoms with Crippen LogP contribution in [0.25, 0.3) is 0 Å². The molecule has 1 unspecified atom stereocenters. The van der Waals surface area contributed by atoms with Crippen molar-refractivity contribution in [2.45, 2.75) is 82.9 Å². The minimum absolute atomic E-state index is 0. The lowest BCUT2D eigenvalue weighted by Gasteiger charge is -2.40. The van der Waals surface area contributed by atoms with Gasteiger partial charge < -0.3 is 33.2 Å². The number of hydrogen-bond acceptors (Lipinski definition) is 10. The zero-order valence-electron chi connectivity index (χ0n) is 45.4. The molecule has 12 nitrogen and oxygen atoms in total. The number of carbonyl (C=O) groups excluding carboxylic acids is 1. The van der Waals surface area contributed by atoms with Crippen molar-refractivity contribution in [3.8, 4) is 148 Å². The molecule has 1 saturated heterocycles. The van der Waals surface area contributed by atoms with Gasteiger partial charge in [-0.15, -0.1) is 6.42 Å². The number of aliphatic hydroxyl groups excluding tert-OH is 1. The third-order valence-electron chi connectivity index (χ3n) is 13.0. The molecule has 0 saturated carbocycles. The molecule has 80 heavy (non-hydrogen) atoms. The van der Waals surface area contributed by atoms with Crippen LogP contribution in [0.1, 0.15) is 96.6 Å². The van der Waals surface area contributed by atoms with E-state index in [2.05, 4.69) is 125 Å². The van der Waals surface area contributed by atoms with E-state index in [1.165, 1.54) is 18.3 Å². The second-order valence-corrected chi connectivity index (χ2v) is 23.6. The number of hydrogen-bond donors (Lipinski definition) is 1. The Morgan fingerprint density at radius 2 is 1.16 bits per heavy atom. The first-order valence-electron chi connectivity index (χ1n) is 24.6. The highest BCUT2D eigenvalue weighted by Crippen LogP contribution is 2.45. The fourth-order valence-electron chi connectivity index (χ4n) is 7.74. The van der Waals surface area contributed by atoms with Crippen LogP contribution < -0.4 is 25.5 Å². The van der Waals surface area contributed by atoms with Gasteiger partial charge in [-0.3, -0.25) is 14.2 Å². The van der Waals surface area contributed by atoms with Crippen LogP contribution >= 0.6 is 0 Å². The lowest BCUT2D eigenvalue weighted by molar-refractivity contribution is -0.0958. The van der Waals surface area contributed by atoms with Gasteiger partial charge in [-0.25, -0.2) is 4.79 Å². The first kappa shape index (κ1) is 59.1. The average Bonchev–Trinajstić information content (AvgIpc) is 1.23. The number of rotatable bonds is 13. The summed E-state index contributed by atoms with van der Waals surface area (Å²) >= 11 is 0. The number of carbonyl (C=O) groups is 1. The Hall–Kier alpha value is -10.2. The summed E-state index contributed by atoms with van der Waals surface area (Å²) in [5, 5.41) is 12.1. The van der Waals surface area contributed by atoms with E-state index in [1.807, 2.05) is 113 Å². The van der Waals surface area contributed by atoms with Crippen LogP contribution in [0.4, 0.5) is 0 Å². The Labute approximate surface area is 501 Å². The Morgan fingerprint density at radius 3 is 1.64 bits per heavy atom. The van der Waals surface area contributed by atoms with Gasteiger partial charge >= 0.3 is 5.69 Å². The summed E-state index contributed by atoms with van der Waals surface area (Å²) < 4.78 is 39.1. The first-order chi connectivity index (χ1) is 38.5. The Bertz CT molecular complexity index is 4030. The second-order valence-electron chi connectivity index (χ2n) is 18.8. The second kappa shape index (κ2) is 27.8. The molecule has 438 valence electrons. The van der Waals surface area contributed by atoms with E-state index in [0.29, 0.717) is 27.2 Å². The van der Waals surface area contributed by atoms with Gasteiger partial charge in [0.1, 0.15) is 47.3 Å². The number of nitrogens with zero attached hydrogens (tertiary/aromatic N) is 2. The molecule has 2 heterocycles. The maximum atomic E-state index is 14.7. The molecule has 0 amide bonds. The summed E-state index contributed by atoms with van der Waals surface area (Å²) in [6, 6.07) is 28.6. The Kier molecular flexibility index (Phi) is 20.5. The predicted octanol–water partition coefficient (Wildman–Crippen LogP) is 12.4. The van der Waals surface area contributed by atoms with Crippen molar-refractivity contribution < 1.29 is 69.4 Å². The highest BCUT2D eigenvalue weighted by atomic mass is 28.4. The molecule has 0 bridgehead atoms. The van der Waals surface area contributed by atoms with E-state index >= 15 is 0 Å². The SMILES string of the molecule is C#CC#CC#CC#CC#CC#CC#CC#CC#CC#CC#COc1cc(C(=O)n2c(=O)ccn([C@@H]3O[C@H](COC(c4ccccc4)(c4ccc(OC)cc4)c4ccc(OC)cc4)[C@H](O)C3O[Si](C)(C)C(C)(C)C)c2=O)cc(C)c1C.[HH].[HH].[HH].[HH].[HH].[HH].[HH].[HH].[HH].[HH].[HH].[HH].[HH].[HH].[HH].[HH].[HH].[HH].[HH].[HH].[HH].[HH]. The molecule has 0 spiro atoms. The van der Waals surface area contributed by atoms with Gasteiger partial charge in [0.15, 0.2) is 14.5 Å². The highest BCUT2D eigenvalue weighted by Gasteiger charge is 2.52. The number of aliphatic hydroxyl groups is 1. The molecule has 13 heteroatoms. The molecule has 1 fully saturated rings. The number of ether oxygens (including phenoxy) is 5. The summed E-state index contributed by atoms with van der Waals surface area (Å²) in [7, 11) is 0.432. The molecule has 5 aromatic rings. The van der Waals surface area contributed by atoms with E-state index in [1.54, 1.807) is 28.1 Å². The van der Waals surface area contributed by atoms with Crippen LogP contribution in [0.5, 0.6) is 17.2 Å². The van der Waals surface area contributed by atoms with Crippen LogP contribution in [-0.2, 0) is 19.5 Å². The number of methoxy groups -OCH3 is 2. The summed E-state index contributed by atoms with van der Waals surface area (Å²) in [6.07, 6.45) is 3.76.